The van der Waals surface area contributed by atoms with Crippen molar-refractivity contribution in [2.24, 2.45) is 0 Å². The molecule has 1 aromatic rings. The summed E-state index contributed by atoms with van der Waals surface area (Å²) in [4.78, 5) is 14.3. The molecule has 29 heavy (non-hydrogen) atoms. The molecule has 1 amide bonds. The first-order chi connectivity index (χ1) is 22.7. The largest absolute Gasteiger partial charge is 0.486 e. The van der Waals surface area contributed by atoms with Crippen LogP contribution >= 0.6 is 0 Å². The van der Waals surface area contributed by atoms with Crippen LogP contribution in [0, 0.1) is 0 Å². The number of benzene rings is 1. The Morgan fingerprint density at radius 3 is 2.83 bits per heavy atom. The summed E-state index contributed by atoms with van der Waals surface area (Å²) in [6.45, 7) is -12.7. The summed E-state index contributed by atoms with van der Waals surface area (Å²) in [6, 6.07) is -0.695. The zero-order chi connectivity index (χ0) is 41.0. The quantitative estimate of drug-likeness (QED) is 0.566. The van der Waals surface area contributed by atoms with Crippen molar-refractivity contribution >= 4 is 5.91 Å². The Bertz CT molecular complexity index is 1530. The van der Waals surface area contributed by atoms with Crippen LogP contribution in [0.5, 0.6) is 11.5 Å². The van der Waals surface area contributed by atoms with Gasteiger partial charge in [-0.05, 0) is 49.9 Å². The van der Waals surface area contributed by atoms with E-state index in [9.17, 15) is 9.90 Å². The molecule has 0 radical (unpaired) electrons. The van der Waals surface area contributed by atoms with Crippen molar-refractivity contribution in [3.63, 3.8) is 0 Å². The molecular formula is C23H36N2O4. The highest BCUT2D eigenvalue weighted by Crippen LogP contribution is 2.33. The van der Waals surface area contributed by atoms with Crippen molar-refractivity contribution in [2.45, 2.75) is 70.0 Å². The number of ether oxygens (including phenoxy) is 2. The van der Waals surface area contributed by atoms with E-state index in [2.05, 4.69) is 0 Å². The maximum Gasteiger partial charge on any atom is 0.220 e. The van der Waals surface area contributed by atoms with Gasteiger partial charge in [0.1, 0.15) is 19.2 Å². The zero-order valence-electron chi connectivity index (χ0n) is 38.2. The molecule has 2 N–H and O–H groups in total. The first-order valence-corrected chi connectivity index (χ1v) is 8.45. The summed E-state index contributed by atoms with van der Waals surface area (Å²) in [5.41, 5.74) is -0.691. The maximum atomic E-state index is 13.4. The van der Waals surface area contributed by atoms with E-state index in [1.807, 2.05) is 0 Å². The minimum absolute atomic E-state index is 0.423. The van der Waals surface area contributed by atoms with Gasteiger partial charge in [-0.15, -0.1) is 0 Å². The summed E-state index contributed by atoms with van der Waals surface area (Å²) in [5, 5.41) is 13.4. The third kappa shape index (κ3) is 6.61. The molecule has 0 aliphatic carbocycles. The van der Waals surface area contributed by atoms with E-state index in [0.29, 0.717) is 0 Å². The van der Waals surface area contributed by atoms with Crippen LogP contribution in [0.25, 0.3) is 0 Å². The Kier molecular flexibility index (Phi) is 2.70. The fraction of sp³-hybridized carbons (Fsp3) is 0.696. The molecule has 2 atom stereocenters. The molecule has 6 heteroatoms. The molecule has 0 bridgehead atoms. The molecule has 0 aromatic heterocycles. The molecule has 1 aromatic carbocycles. The molecule has 1 fully saturated rings. The minimum Gasteiger partial charge on any atom is -0.486 e. The van der Waals surface area contributed by atoms with Gasteiger partial charge in [0.15, 0.2) is 11.5 Å². The summed E-state index contributed by atoms with van der Waals surface area (Å²) in [5.74, 6) is -2.78. The van der Waals surface area contributed by atoms with Crippen molar-refractivity contribution in [1.82, 2.24) is 10.2 Å². The smallest absolute Gasteiger partial charge is 0.220 e. The van der Waals surface area contributed by atoms with E-state index in [-0.39, 0.29) is 0 Å². The molecule has 2 aliphatic rings. The van der Waals surface area contributed by atoms with Crippen molar-refractivity contribution in [2.75, 3.05) is 32.8 Å². The van der Waals surface area contributed by atoms with Gasteiger partial charge in [0.2, 0.25) is 5.91 Å². The van der Waals surface area contributed by atoms with Crippen molar-refractivity contribution < 1.29 is 50.9 Å². The average Bonchev–Trinajstić information content (AvgIpc) is 3.11. The van der Waals surface area contributed by atoms with Crippen LogP contribution in [0.2, 0.25) is 0 Å². The van der Waals surface area contributed by atoms with Gasteiger partial charge in [-0.3, -0.25) is 4.79 Å². The number of likely N-dealkylation sites (tertiary alicyclic amines) is 1. The molecule has 2 heterocycles. The fourth-order valence-corrected chi connectivity index (χ4v) is 2.49. The molecule has 162 valence electrons. The molecule has 0 unspecified atom stereocenters. The summed E-state index contributed by atoms with van der Waals surface area (Å²) in [6.07, 6.45) is -31.2. The van der Waals surface area contributed by atoms with Crippen LogP contribution in [0.3, 0.4) is 0 Å². The molecular weight excluding hydrogens is 368 g/mol. The van der Waals surface area contributed by atoms with Crippen LogP contribution in [0.4, 0.5) is 0 Å². The van der Waals surface area contributed by atoms with Crippen molar-refractivity contribution in [1.29, 1.82) is 0 Å². The van der Waals surface area contributed by atoms with E-state index >= 15 is 0 Å². The lowest BCUT2D eigenvalue weighted by Gasteiger charge is -2.29. The first-order valence-electron chi connectivity index (χ1n) is 19.9. The second-order valence-corrected chi connectivity index (χ2v) is 5.80. The first kappa shape index (κ1) is 6.86. The van der Waals surface area contributed by atoms with Crippen LogP contribution < -0.4 is 14.8 Å². The maximum absolute atomic E-state index is 13.4. The number of rotatable bonds is 11. The highest BCUT2D eigenvalue weighted by atomic mass is 16.6. The van der Waals surface area contributed by atoms with Gasteiger partial charge in [0.25, 0.3) is 0 Å². The predicted molar refractivity (Wildman–Crippen MR) is 113 cm³/mol. The lowest BCUT2D eigenvalue weighted by molar-refractivity contribution is -0.123. The normalized spacial score (nSPS) is 42.2. The number of nitrogens with one attached hydrogen (secondary N) is 1. The Balaban J connectivity index is 2.06. The highest BCUT2D eigenvalue weighted by Gasteiger charge is 2.27. The minimum atomic E-state index is -4.32. The van der Waals surface area contributed by atoms with E-state index in [1.165, 1.54) is 0 Å². The van der Waals surface area contributed by atoms with Crippen molar-refractivity contribution in [3.8, 4) is 11.5 Å². The Hall–Kier alpha value is -1.79. The number of hydrogen-bond donors (Lipinski definition) is 2. The second kappa shape index (κ2) is 11.4. The average molecular weight is 428 g/mol. The molecule has 0 spiro atoms. The van der Waals surface area contributed by atoms with Gasteiger partial charge in [-0.1, -0.05) is 38.4 Å². The van der Waals surface area contributed by atoms with Gasteiger partial charge < -0.3 is 24.8 Å². The zero-order valence-corrected chi connectivity index (χ0v) is 15.2. The summed E-state index contributed by atoms with van der Waals surface area (Å²) < 4.78 is 194. The van der Waals surface area contributed by atoms with Gasteiger partial charge in [-0.25, -0.2) is 0 Å². The number of nitrogens with zero attached hydrogens (tertiary/aromatic N) is 1. The lowest BCUT2D eigenvalue weighted by atomic mass is 10.0. The Labute approximate surface area is 206 Å². The topological polar surface area (TPSA) is 71.0 Å². The van der Waals surface area contributed by atoms with Gasteiger partial charge in [-0.2, -0.15) is 0 Å². The third-order valence-corrected chi connectivity index (χ3v) is 3.79. The van der Waals surface area contributed by atoms with Crippen LogP contribution in [-0.2, 0) is 4.79 Å². The molecule has 1 saturated heterocycles. The number of amides is 1. The molecule has 2 aliphatic heterocycles. The summed E-state index contributed by atoms with van der Waals surface area (Å²) >= 11 is 0. The highest BCUT2D eigenvalue weighted by molar-refractivity contribution is 5.76. The molecule has 3 rings (SSSR count). The fourth-order valence-electron chi connectivity index (χ4n) is 2.49. The Morgan fingerprint density at radius 2 is 2.03 bits per heavy atom. The number of aliphatic hydroxyl groups is 1. The van der Waals surface area contributed by atoms with Crippen LogP contribution in [0.15, 0.2) is 18.2 Å². The van der Waals surface area contributed by atoms with Crippen LogP contribution in [0.1, 0.15) is 101 Å². The number of fused-ring (bicyclic) bond motifs is 1. The second-order valence-electron chi connectivity index (χ2n) is 5.80. The molecule has 6 nitrogen and oxygen atoms in total. The van der Waals surface area contributed by atoms with E-state index < -0.39 is 126 Å². The molecule has 0 saturated carbocycles. The number of hydrogen-bond acceptors (Lipinski definition) is 5. The standard InChI is InChI=1S/C23H36N2O4/c1-2-3-4-5-6-9-22(26)24-19(17-25-12-7-8-13-25)23(27)18-10-11-20-21(16-18)29-15-14-28-20/h10-11,16,19,23,27H,2-9,12-15,17H2,1H3,(H,24,26)/t19-,23-/m1/s1/i1D3,2D2,3D2,4D2,5D2,6D2,7D2,8D2,14D2,15D2,19D,23D. The van der Waals surface area contributed by atoms with E-state index in [4.69, 9.17) is 41.0 Å². The van der Waals surface area contributed by atoms with Gasteiger partial charge in [0.05, 0.1) is 14.2 Å². The van der Waals surface area contributed by atoms with E-state index in [0.717, 1.165) is 23.1 Å². The van der Waals surface area contributed by atoms with E-state index in [1.54, 1.807) is 5.32 Å². The third-order valence-electron chi connectivity index (χ3n) is 3.79. The SMILES string of the molecule is [2H]C([2H])([2H])C([2H])([2H])C([2H])([2H])C([2H])([2H])C([2H])([2H])C([2H])([2H])CC(=O)N[C@]([2H])(CN1CC([2H])([2H])C([2H])([2H])C1)[C@]([2H])(O)c1ccc2c(c1)OC([2H])([2H])C([2H])([2H])O2. The number of carbonyl (C=O) groups excluding carboxylic acids is 1. The lowest BCUT2D eigenvalue weighted by Crippen LogP contribution is -2.46. The Morgan fingerprint density at radius 1 is 1.28 bits per heavy atom. The van der Waals surface area contributed by atoms with Crippen LogP contribution in [-0.4, -0.2) is 54.7 Å². The van der Waals surface area contributed by atoms with Gasteiger partial charge in [0, 0.05) is 36.3 Å². The predicted octanol–water partition coefficient (Wildman–Crippen LogP) is 3.43. The number of carbonyl (C=O) groups is 1. The van der Waals surface area contributed by atoms with Crippen molar-refractivity contribution in [3.05, 3.63) is 23.8 Å². The monoisotopic (exact) mass is 427 g/mol. The van der Waals surface area contributed by atoms with Gasteiger partial charge >= 0.3 is 0 Å². The summed E-state index contributed by atoms with van der Waals surface area (Å²) in [7, 11) is 0.